The van der Waals surface area contributed by atoms with Crippen molar-refractivity contribution < 1.29 is 9.53 Å². The average Bonchev–Trinajstić information content (AvgIpc) is 2.25. The number of nitriles is 1. The molecule has 0 aromatic heterocycles. The summed E-state index contributed by atoms with van der Waals surface area (Å²) < 4.78 is 5.06. The molecule has 0 heterocycles. The summed E-state index contributed by atoms with van der Waals surface area (Å²) in [4.78, 5) is 10.3. The van der Waals surface area contributed by atoms with Crippen LogP contribution in [0.2, 0.25) is 0 Å². The maximum Gasteiger partial charge on any atom is 0.293 e. The SMILES string of the molecule is CCCCC[C@H](OC=O)[C@@H](C)CCC#N. The molecule has 0 spiro atoms. The van der Waals surface area contributed by atoms with Crippen molar-refractivity contribution in [1.29, 1.82) is 5.26 Å². The third-order valence-electron chi connectivity index (χ3n) is 2.67. The molecule has 0 saturated heterocycles. The van der Waals surface area contributed by atoms with Crippen molar-refractivity contribution in [2.75, 3.05) is 0 Å². The molecule has 2 atom stereocenters. The summed E-state index contributed by atoms with van der Waals surface area (Å²) >= 11 is 0. The van der Waals surface area contributed by atoms with Crippen molar-refractivity contribution in [1.82, 2.24) is 0 Å². The van der Waals surface area contributed by atoms with Crippen LogP contribution in [0, 0.1) is 17.2 Å². The summed E-state index contributed by atoms with van der Waals surface area (Å²) in [5.74, 6) is 0.284. The average molecular weight is 211 g/mol. The van der Waals surface area contributed by atoms with E-state index in [-0.39, 0.29) is 12.0 Å². The number of carbonyl (C=O) groups is 1. The Morgan fingerprint density at radius 1 is 1.40 bits per heavy atom. The molecule has 0 bridgehead atoms. The molecule has 15 heavy (non-hydrogen) atoms. The Kier molecular flexibility index (Phi) is 8.85. The monoisotopic (exact) mass is 211 g/mol. The Morgan fingerprint density at radius 3 is 2.67 bits per heavy atom. The Bertz CT molecular complexity index is 198. The fourth-order valence-corrected chi connectivity index (χ4v) is 1.63. The predicted octanol–water partition coefficient (Wildman–Crippen LogP) is 3.05. The molecule has 0 saturated carbocycles. The van der Waals surface area contributed by atoms with Crippen molar-refractivity contribution in [2.45, 2.75) is 58.5 Å². The molecule has 0 rings (SSSR count). The summed E-state index contributed by atoms with van der Waals surface area (Å²) in [7, 11) is 0. The molecular weight excluding hydrogens is 190 g/mol. The lowest BCUT2D eigenvalue weighted by molar-refractivity contribution is -0.136. The first-order chi connectivity index (χ1) is 7.26. The first kappa shape index (κ1) is 14.0. The highest BCUT2D eigenvalue weighted by molar-refractivity contribution is 5.37. The van der Waals surface area contributed by atoms with Gasteiger partial charge >= 0.3 is 0 Å². The van der Waals surface area contributed by atoms with Gasteiger partial charge in [0.15, 0.2) is 0 Å². The lowest BCUT2D eigenvalue weighted by Gasteiger charge is -2.21. The molecule has 0 radical (unpaired) electrons. The quantitative estimate of drug-likeness (QED) is 0.435. The van der Waals surface area contributed by atoms with Crippen LogP contribution in [0.15, 0.2) is 0 Å². The topological polar surface area (TPSA) is 50.1 Å². The fourth-order valence-electron chi connectivity index (χ4n) is 1.63. The van der Waals surface area contributed by atoms with Gasteiger partial charge in [-0.25, -0.2) is 0 Å². The minimum atomic E-state index is -0.0117. The van der Waals surface area contributed by atoms with Crippen LogP contribution < -0.4 is 0 Å². The van der Waals surface area contributed by atoms with Crippen LogP contribution in [0.5, 0.6) is 0 Å². The highest BCUT2D eigenvalue weighted by atomic mass is 16.5. The second kappa shape index (κ2) is 9.51. The second-order valence-corrected chi connectivity index (χ2v) is 3.94. The van der Waals surface area contributed by atoms with Gasteiger partial charge in [0.25, 0.3) is 6.47 Å². The molecule has 0 N–H and O–H groups in total. The largest absolute Gasteiger partial charge is 0.464 e. The smallest absolute Gasteiger partial charge is 0.293 e. The van der Waals surface area contributed by atoms with Gasteiger partial charge in [0.1, 0.15) is 6.10 Å². The standard InChI is InChI=1S/C12H21NO2/c1-3-4-5-8-12(15-10-14)11(2)7-6-9-13/h10-12H,3-8H2,1-2H3/t11-,12-/m0/s1. The van der Waals surface area contributed by atoms with Gasteiger partial charge in [-0.3, -0.25) is 4.79 Å². The van der Waals surface area contributed by atoms with Gasteiger partial charge in [-0.05, 0) is 25.2 Å². The Balaban J connectivity index is 3.89. The number of carbonyl (C=O) groups excluding carboxylic acids is 1. The Morgan fingerprint density at radius 2 is 2.13 bits per heavy atom. The van der Waals surface area contributed by atoms with E-state index < -0.39 is 0 Å². The van der Waals surface area contributed by atoms with Crippen molar-refractivity contribution in [3.63, 3.8) is 0 Å². The van der Waals surface area contributed by atoms with Crippen molar-refractivity contribution in [3.05, 3.63) is 0 Å². The summed E-state index contributed by atoms with van der Waals surface area (Å²) in [5, 5.41) is 8.48. The Labute approximate surface area is 92.4 Å². The van der Waals surface area contributed by atoms with E-state index in [1.54, 1.807) is 0 Å². The summed E-state index contributed by atoms with van der Waals surface area (Å²) in [6.45, 7) is 4.71. The molecule has 0 aromatic rings. The van der Waals surface area contributed by atoms with Crippen molar-refractivity contribution in [2.24, 2.45) is 5.92 Å². The molecule has 0 aliphatic rings. The molecular formula is C12H21NO2. The van der Waals surface area contributed by atoms with Gasteiger partial charge < -0.3 is 4.74 Å². The van der Waals surface area contributed by atoms with E-state index in [1.165, 1.54) is 12.8 Å². The number of hydrogen-bond acceptors (Lipinski definition) is 3. The minimum Gasteiger partial charge on any atom is -0.464 e. The van der Waals surface area contributed by atoms with Crippen LogP contribution in [-0.4, -0.2) is 12.6 Å². The zero-order chi connectivity index (χ0) is 11.5. The summed E-state index contributed by atoms with van der Waals surface area (Å²) in [5.41, 5.74) is 0. The third-order valence-corrected chi connectivity index (χ3v) is 2.67. The zero-order valence-corrected chi connectivity index (χ0v) is 9.74. The van der Waals surface area contributed by atoms with Gasteiger partial charge in [-0.15, -0.1) is 0 Å². The van der Waals surface area contributed by atoms with E-state index in [1.807, 2.05) is 6.92 Å². The van der Waals surface area contributed by atoms with E-state index in [0.717, 1.165) is 19.3 Å². The van der Waals surface area contributed by atoms with Crippen LogP contribution in [0.3, 0.4) is 0 Å². The molecule has 0 aliphatic heterocycles. The molecule has 0 aliphatic carbocycles. The third kappa shape index (κ3) is 6.96. The maximum absolute atomic E-state index is 10.3. The number of rotatable bonds is 9. The molecule has 0 fully saturated rings. The molecule has 3 nitrogen and oxygen atoms in total. The fraction of sp³-hybridized carbons (Fsp3) is 0.833. The highest BCUT2D eigenvalue weighted by Gasteiger charge is 2.17. The normalized spacial score (nSPS) is 13.9. The number of ether oxygens (including phenoxy) is 1. The summed E-state index contributed by atoms with van der Waals surface area (Å²) in [6, 6.07) is 2.12. The number of unbranched alkanes of at least 4 members (excludes halogenated alkanes) is 2. The lowest BCUT2D eigenvalue weighted by atomic mass is 9.95. The minimum absolute atomic E-state index is 0.0117. The van der Waals surface area contributed by atoms with Gasteiger partial charge in [0.05, 0.1) is 6.07 Å². The Hall–Kier alpha value is -1.04. The molecule has 86 valence electrons. The molecule has 3 heteroatoms. The van der Waals surface area contributed by atoms with E-state index in [4.69, 9.17) is 10.00 Å². The van der Waals surface area contributed by atoms with E-state index >= 15 is 0 Å². The highest BCUT2D eigenvalue weighted by Crippen LogP contribution is 2.18. The van der Waals surface area contributed by atoms with Crippen LogP contribution in [0.4, 0.5) is 0 Å². The summed E-state index contributed by atoms with van der Waals surface area (Å²) in [6.07, 6.45) is 5.67. The van der Waals surface area contributed by atoms with E-state index in [2.05, 4.69) is 13.0 Å². The van der Waals surface area contributed by atoms with Crippen LogP contribution >= 0.6 is 0 Å². The molecule has 0 amide bonds. The lowest BCUT2D eigenvalue weighted by Crippen LogP contribution is -2.21. The van der Waals surface area contributed by atoms with Gasteiger partial charge in [-0.2, -0.15) is 5.26 Å². The predicted molar refractivity (Wildman–Crippen MR) is 59.1 cm³/mol. The van der Waals surface area contributed by atoms with Crippen molar-refractivity contribution >= 4 is 6.47 Å². The first-order valence-electron chi connectivity index (χ1n) is 5.72. The number of hydrogen-bond donors (Lipinski definition) is 0. The second-order valence-electron chi connectivity index (χ2n) is 3.94. The van der Waals surface area contributed by atoms with Crippen LogP contribution in [0.1, 0.15) is 52.4 Å². The van der Waals surface area contributed by atoms with Gasteiger partial charge in [-0.1, -0.05) is 26.7 Å². The van der Waals surface area contributed by atoms with Crippen LogP contribution in [-0.2, 0) is 9.53 Å². The first-order valence-corrected chi connectivity index (χ1v) is 5.72. The van der Waals surface area contributed by atoms with Gasteiger partial charge in [0.2, 0.25) is 0 Å². The van der Waals surface area contributed by atoms with E-state index in [9.17, 15) is 4.79 Å². The van der Waals surface area contributed by atoms with Crippen LogP contribution in [0.25, 0.3) is 0 Å². The van der Waals surface area contributed by atoms with Gasteiger partial charge in [0, 0.05) is 6.42 Å². The van der Waals surface area contributed by atoms with E-state index in [0.29, 0.717) is 12.9 Å². The molecule has 0 unspecified atom stereocenters. The zero-order valence-electron chi connectivity index (χ0n) is 9.74. The number of nitrogens with zero attached hydrogens (tertiary/aromatic N) is 1. The molecule has 0 aromatic carbocycles. The van der Waals surface area contributed by atoms with Crippen molar-refractivity contribution in [3.8, 4) is 6.07 Å². The maximum atomic E-state index is 10.3.